The van der Waals surface area contributed by atoms with Crippen molar-refractivity contribution >= 4 is 5.91 Å². The van der Waals surface area contributed by atoms with E-state index in [2.05, 4.69) is 26.4 Å². The molecule has 1 N–H and O–H groups in total. The Hall–Kier alpha value is -2.54. The number of allylic oxidation sites excluding steroid dienone is 1. The molecule has 0 saturated carbocycles. The van der Waals surface area contributed by atoms with Gasteiger partial charge in [-0.05, 0) is 75.8 Å². The highest BCUT2D eigenvalue weighted by molar-refractivity contribution is 5.79. The van der Waals surface area contributed by atoms with Crippen molar-refractivity contribution in [1.29, 1.82) is 0 Å². The fourth-order valence-corrected chi connectivity index (χ4v) is 4.26. The molecule has 30 heavy (non-hydrogen) atoms. The molecule has 1 aromatic heterocycles. The van der Waals surface area contributed by atoms with Crippen molar-refractivity contribution in [3.05, 3.63) is 47.6 Å². The van der Waals surface area contributed by atoms with Crippen molar-refractivity contribution in [3.8, 4) is 11.4 Å². The predicted octanol–water partition coefficient (Wildman–Crippen LogP) is 4.09. The molecule has 4 rings (SSSR count). The average Bonchev–Trinajstić information content (AvgIpc) is 3.23. The van der Waals surface area contributed by atoms with Gasteiger partial charge in [0.2, 0.25) is 17.6 Å². The monoisotopic (exact) mass is 412 g/mol. The second-order valence-electron chi connectivity index (χ2n) is 8.24. The largest absolute Gasteiger partial charge is 0.356 e. The maximum Gasteiger partial charge on any atom is 0.241 e. The smallest absolute Gasteiger partial charge is 0.241 e. The number of halogens is 1. The number of carbonyl (C=O) groups excluding carboxylic acids is 1. The highest BCUT2D eigenvalue weighted by Crippen LogP contribution is 2.22. The Balaban J connectivity index is 1.26. The fourth-order valence-electron chi connectivity index (χ4n) is 4.26. The van der Waals surface area contributed by atoms with Gasteiger partial charge in [0.15, 0.2) is 0 Å². The van der Waals surface area contributed by atoms with Gasteiger partial charge in [-0.1, -0.05) is 16.8 Å². The minimum atomic E-state index is -0.296. The topological polar surface area (TPSA) is 71.3 Å². The first-order valence-corrected chi connectivity index (χ1v) is 10.9. The molecule has 1 amide bonds. The quantitative estimate of drug-likeness (QED) is 0.694. The zero-order valence-electron chi connectivity index (χ0n) is 17.3. The van der Waals surface area contributed by atoms with Crippen LogP contribution in [0.5, 0.6) is 0 Å². The Kier molecular flexibility index (Phi) is 6.89. The van der Waals surface area contributed by atoms with Crippen molar-refractivity contribution in [1.82, 2.24) is 20.4 Å². The van der Waals surface area contributed by atoms with E-state index in [0.717, 1.165) is 37.9 Å². The van der Waals surface area contributed by atoms with Crippen LogP contribution < -0.4 is 5.32 Å². The summed E-state index contributed by atoms with van der Waals surface area (Å²) in [6.45, 7) is 2.85. The van der Waals surface area contributed by atoms with Crippen LogP contribution in [-0.2, 0) is 11.3 Å². The minimum absolute atomic E-state index is 0.00132. The van der Waals surface area contributed by atoms with Crippen LogP contribution in [0.15, 0.2) is 40.4 Å². The van der Waals surface area contributed by atoms with Crippen LogP contribution >= 0.6 is 0 Å². The number of hydrogen-bond acceptors (Lipinski definition) is 5. The van der Waals surface area contributed by atoms with E-state index in [4.69, 9.17) is 4.52 Å². The summed E-state index contributed by atoms with van der Waals surface area (Å²) in [7, 11) is 0. The highest BCUT2D eigenvalue weighted by atomic mass is 19.1. The maximum atomic E-state index is 13.1. The van der Waals surface area contributed by atoms with Crippen molar-refractivity contribution in [2.45, 2.75) is 51.5 Å². The van der Waals surface area contributed by atoms with Crippen LogP contribution in [-0.4, -0.2) is 40.6 Å². The zero-order chi connectivity index (χ0) is 20.8. The van der Waals surface area contributed by atoms with Crippen LogP contribution in [0.25, 0.3) is 11.4 Å². The number of piperidine rings is 1. The number of amides is 1. The highest BCUT2D eigenvalue weighted by Gasteiger charge is 2.26. The zero-order valence-corrected chi connectivity index (χ0v) is 17.3. The first kappa shape index (κ1) is 20.7. The average molecular weight is 413 g/mol. The summed E-state index contributed by atoms with van der Waals surface area (Å²) in [6, 6.07) is 6.03. The van der Waals surface area contributed by atoms with Gasteiger partial charge in [-0.2, -0.15) is 4.98 Å². The van der Waals surface area contributed by atoms with Gasteiger partial charge in [-0.15, -0.1) is 0 Å². The maximum absolute atomic E-state index is 13.1. The third-order valence-corrected chi connectivity index (χ3v) is 5.94. The molecular formula is C23H29FN4O2. The van der Waals surface area contributed by atoms with Gasteiger partial charge in [0.25, 0.3) is 0 Å². The Morgan fingerprint density at radius 1 is 1.23 bits per heavy atom. The number of nitrogens with one attached hydrogen (secondary N) is 1. The molecule has 1 atom stereocenters. The molecule has 7 heteroatoms. The number of rotatable bonds is 7. The predicted molar refractivity (Wildman–Crippen MR) is 112 cm³/mol. The molecule has 2 aliphatic rings. The Morgan fingerprint density at radius 3 is 2.90 bits per heavy atom. The summed E-state index contributed by atoms with van der Waals surface area (Å²) in [4.78, 5) is 19.2. The standard InChI is InChI=1S/C23H29FN4O2/c24-20-10-8-18(9-11-20)22-26-21(30-27-22)16-28-14-4-7-19(15-28)23(29)25-13-12-17-5-2-1-3-6-17/h5,8-11,19H,1-4,6-7,12-16H2,(H,25,29). The van der Waals surface area contributed by atoms with Crippen molar-refractivity contribution in [3.63, 3.8) is 0 Å². The Bertz CT molecular complexity index is 878. The second-order valence-corrected chi connectivity index (χ2v) is 8.24. The van der Waals surface area contributed by atoms with Gasteiger partial charge in [0.1, 0.15) is 5.82 Å². The normalized spacial score (nSPS) is 20.0. The first-order chi connectivity index (χ1) is 14.7. The molecule has 1 aliphatic heterocycles. The third kappa shape index (κ3) is 5.53. The molecule has 1 aromatic carbocycles. The summed E-state index contributed by atoms with van der Waals surface area (Å²) in [5, 5.41) is 7.13. The van der Waals surface area contributed by atoms with E-state index < -0.39 is 0 Å². The van der Waals surface area contributed by atoms with Crippen LogP contribution in [0.3, 0.4) is 0 Å². The lowest BCUT2D eigenvalue weighted by Gasteiger charge is -2.30. The molecule has 1 unspecified atom stereocenters. The van der Waals surface area contributed by atoms with E-state index in [9.17, 15) is 9.18 Å². The SMILES string of the molecule is O=C(NCCC1=CCCCC1)C1CCCN(Cc2nc(-c3ccc(F)cc3)no2)C1. The third-order valence-electron chi connectivity index (χ3n) is 5.94. The van der Waals surface area contributed by atoms with Crippen LogP contribution in [0.2, 0.25) is 0 Å². The molecule has 6 nitrogen and oxygen atoms in total. The lowest BCUT2D eigenvalue weighted by Crippen LogP contribution is -2.43. The van der Waals surface area contributed by atoms with E-state index in [1.165, 1.54) is 43.4 Å². The second kappa shape index (κ2) is 9.98. The fraction of sp³-hybridized carbons (Fsp3) is 0.522. The lowest BCUT2D eigenvalue weighted by molar-refractivity contribution is -0.126. The molecule has 0 spiro atoms. The van der Waals surface area contributed by atoms with Crippen LogP contribution in [0.1, 0.15) is 50.8 Å². The van der Waals surface area contributed by atoms with Gasteiger partial charge in [0, 0.05) is 18.7 Å². The molecule has 1 saturated heterocycles. The summed E-state index contributed by atoms with van der Waals surface area (Å²) in [5.41, 5.74) is 2.20. The number of likely N-dealkylation sites (tertiary alicyclic amines) is 1. The van der Waals surface area contributed by atoms with Crippen molar-refractivity contribution < 1.29 is 13.7 Å². The number of nitrogens with zero attached hydrogens (tertiary/aromatic N) is 3. The van der Waals surface area contributed by atoms with E-state index in [0.29, 0.717) is 24.8 Å². The summed E-state index contributed by atoms with van der Waals surface area (Å²) in [6.07, 6.45) is 10.1. The number of benzene rings is 1. The molecule has 0 radical (unpaired) electrons. The summed E-state index contributed by atoms with van der Waals surface area (Å²) < 4.78 is 18.5. The summed E-state index contributed by atoms with van der Waals surface area (Å²) >= 11 is 0. The molecule has 0 bridgehead atoms. The number of carbonyl (C=O) groups is 1. The molecule has 1 fully saturated rings. The van der Waals surface area contributed by atoms with Crippen LogP contribution in [0, 0.1) is 11.7 Å². The van der Waals surface area contributed by atoms with Gasteiger partial charge in [0.05, 0.1) is 12.5 Å². The minimum Gasteiger partial charge on any atom is -0.356 e. The summed E-state index contributed by atoms with van der Waals surface area (Å²) in [5.74, 6) is 0.815. The van der Waals surface area contributed by atoms with E-state index in [-0.39, 0.29) is 17.6 Å². The van der Waals surface area contributed by atoms with Gasteiger partial charge >= 0.3 is 0 Å². The Morgan fingerprint density at radius 2 is 2.10 bits per heavy atom. The van der Waals surface area contributed by atoms with Crippen molar-refractivity contribution in [2.24, 2.45) is 5.92 Å². The van der Waals surface area contributed by atoms with E-state index in [1.807, 2.05) is 0 Å². The number of aromatic nitrogens is 2. The van der Waals surface area contributed by atoms with Gasteiger partial charge in [-0.25, -0.2) is 4.39 Å². The molecule has 2 aromatic rings. The molecule has 1 aliphatic carbocycles. The van der Waals surface area contributed by atoms with E-state index in [1.54, 1.807) is 12.1 Å². The van der Waals surface area contributed by atoms with Gasteiger partial charge in [-0.3, -0.25) is 9.69 Å². The van der Waals surface area contributed by atoms with Crippen molar-refractivity contribution in [2.75, 3.05) is 19.6 Å². The first-order valence-electron chi connectivity index (χ1n) is 10.9. The molecule has 2 heterocycles. The van der Waals surface area contributed by atoms with E-state index >= 15 is 0 Å². The Labute approximate surface area is 176 Å². The van der Waals surface area contributed by atoms with Crippen LogP contribution in [0.4, 0.5) is 4.39 Å². The molecule has 160 valence electrons. The lowest BCUT2D eigenvalue weighted by atomic mass is 9.96. The molecular weight excluding hydrogens is 383 g/mol. The number of hydrogen-bond donors (Lipinski definition) is 1. The van der Waals surface area contributed by atoms with Gasteiger partial charge < -0.3 is 9.84 Å².